The van der Waals surface area contributed by atoms with Crippen LogP contribution in [0, 0.1) is 0 Å². The molecular weight excluding hydrogens is 214 g/mol. The Morgan fingerprint density at radius 1 is 1.46 bits per heavy atom. The number of aryl methyl sites for hydroxylation is 1. The third-order valence-corrected chi connectivity index (χ3v) is 2.95. The highest BCUT2D eigenvalue weighted by molar-refractivity contribution is 8.13. The summed E-state index contributed by atoms with van der Waals surface area (Å²) in [7, 11) is 2.96. The molecule has 0 bridgehead atoms. The van der Waals surface area contributed by atoms with E-state index in [4.69, 9.17) is 10.7 Å². The van der Waals surface area contributed by atoms with Gasteiger partial charge in [0.05, 0.1) is 0 Å². The minimum absolute atomic E-state index is 0.0165. The molecule has 0 N–H and O–H groups in total. The SMILES string of the molecule is CC(C)c1nnn(C)c1S(=O)(=O)Cl. The number of halogens is 1. The second-order valence-electron chi connectivity index (χ2n) is 3.00. The minimum atomic E-state index is -3.76. The summed E-state index contributed by atoms with van der Waals surface area (Å²) in [5, 5.41) is 7.31. The van der Waals surface area contributed by atoms with Crippen LogP contribution in [0.2, 0.25) is 0 Å². The van der Waals surface area contributed by atoms with Gasteiger partial charge in [-0.15, -0.1) is 5.10 Å². The van der Waals surface area contributed by atoms with Crippen LogP contribution in [-0.2, 0) is 16.1 Å². The van der Waals surface area contributed by atoms with Crippen LogP contribution < -0.4 is 0 Å². The topological polar surface area (TPSA) is 64.8 Å². The van der Waals surface area contributed by atoms with Crippen LogP contribution in [0.25, 0.3) is 0 Å². The van der Waals surface area contributed by atoms with Crippen LogP contribution in [-0.4, -0.2) is 23.4 Å². The lowest BCUT2D eigenvalue weighted by molar-refractivity contribution is 0.584. The van der Waals surface area contributed by atoms with E-state index in [0.29, 0.717) is 5.69 Å². The van der Waals surface area contributed by atoms with E-state index in [1.54, 1.807) is 0 Å². The van der Waals surface area contributed by atoms with Crippen LogP contribution in [0.4, 0.5) is 0 Å². The zero-order valence-electron chi connectivity index (χ0n) is 7.52. The van der Waals surface area contributed by atoms with Gasteiger partial charge < -0.3 is 0 Å². The molecule has 1 aromatic rings. The van der Waals surface area contributed by atoms with Crippen LogP contribution in [0.5, 0.6) is 0 Å². The van der Waals surface area contributed by atoms with Gasteiger partial charge in [-0.1, -0.05) is 19.1 Å². The predicted octanol–water partition coefficient (Wildman–Crippen LogP) is 0.866. The van der Waals surface area contributed by atoms with E-state index in [1.807, 2.05) is 13.8 Å². The fourth-order valence-corrected chi connectivity index (χ4v) is 2.42. The molecular formula is C6H10ClN3O2S. The summed E-state index contributed by atoms with van der Waals surface area (Å²) in [4.78, 5) is 0. The van der Waals surface area contributed by atoms with Crippen LogP contribution in [0.3, 0.4) is 0 Å². The molecule has 0 saturated heterocycles. The van der Waals surface area contributed by atoms with E-state index in [2.05, 4.69) is 10.3 Å². The van der Waals surface area contributed by atoms with Gasteiger partial charge in [0, 0.05) is 23.6 Å². The summed E-state index contributed by atoms with van der Waals surface area (Å²) < 4.78 is 23.4. The number of hydrogen-bond acceptors (Lipinski definition) is 4. The van der Waals surface area contributed by atoms with Gasteiger partial charge in [0.1, 0.15) is 5.69 Å². The lowest BCUT2D eigenvalue weighted by Gasteiger charge is -2.01. The van der Waals surface area contributed by atoms with Crippen molar-refractivity contribution in [3.63, 3.8) is 0 Å². The molecule has 1 rings (SSSR count). The molecule has 74 valence electrons. The molecule has 0 aliphatic rings. The average Bonchev–Trinajstić information content (AvgIpc) is 2.28. The van der Waals surface area contributed by atoms with Crippen molar-refractivity contribution in [2.75, 3.05) is 0 Å². The van der Waals surface area contributed by atoms with E-state index in [-0.39, 0.29) is 10.9 Å². The zero-order valence-corrected chi connectivity index (χ0v) is 9.09. The molecule has 0 amide bonds. The summed E-state index contributed by atoms with van der Waals surface area (Å²) in [5.74, 6) is -0.0165. The number of aromatic nitrogens is 3. The largest absolute Gasteiger partial charge is 0.280 e. The first kappa shape index (κ1) is 10.5. The van der Waals surface area contributed by atoms with Crippen molar-refractivity contribution in [2.45, 2.75) is 24.8 Å². The van der Waals surface area contributed by atoms with Gasteiger partial charge in [0.15, 0.2) is 5.03 Å². The molecule has 0 unspecified atom stereocenters. The lowest BCUT2D eigenvalue weighted by atomic mass is 10.2. The molecule has 0 spiro atoms. The third kappa shape index (κ3) is 2.00. The van der Waals surface area contributed by atoms with E-state index >= 15 is 0 Å². The zero-order chi connectivity index (χ0) is 10.2. The second kappa shape index (κ2) is 3.26. The van der Waals surface area contributed by atoms with Crippen molar-refractivity contribution in [3.8, 4) is 0 Å². The smallest absolute Gasteiger partial charge is 0.236 e. The van der Waals surface area contributed by atoms with E-state index in [1.165, 1.54) is 7.05 Å². The predicted molar refractivity (Wildman–Crippen MR) is 48.1 cm³/mol. The fourth-order valence-electron chi connectivity index (χ4n) is 1.01. The number of nitrogens with zero attached hydrogens (tertiary/aromatic N) is 3. The first-order valence-electron chi connectivity index (χ1n) is 3.68. The van der Waals surface area contributed by atoms with Crippen LogP contribution in [0.1, 0.15) is 25.5 Å². The summed E-state index contributed by atoms with van der Waals surface area (Å²) in [6.07, 6.45) is 0. The molecule has 0 saturated carbocycles. The van der Waals surface area contributed by atoms with Gasteiger partial charge in [0.25, 0.3) is 9.05 Å². The maximum atomic E-state index is 11.1. The van der Waals surface area contributed by atoms with E-state index in [9.17, 15) is 8.42 Å². The van der Waals surface area contributed by atoms with E-state index < -0.39 is 9.05 Å². The highest BCUT2D eigenvalue weighted by Gasteiger charge is 2.24. The highest BCUT2D eigenvalue weighted by atomic mass is 35.7. The number of hydrogen-bond donors (Lipinski definition) is 0. The van der Waals surface area contributed by atoms with Crippen molar-refractivity contribution in [2.24, 2.45) is 7.05 Å². The molecule has 7 heteroatoms. The molecule has 1 heterocycles. The molecule has 13 heavy (non-hydrogen) atoms. The molecule has 0 aliphatic carbocycles. The molecule has 0 atom stereocenters. The Labute approximate surface area is 81.1 Å². The summed E-state index contributed by atoms with van der Waals surface area (Å²) in [6.45, 7) is 3.66. The van der Waals surface area contributed by atoms with Gasteiger partial charge >= 0.3 is 0 Å². The van der Waals surface area contributed by atoms with Gasteiger partial charge in [-0.05, 0) is 0 Å². The van der Waals surface area contributed by atoms with Crippen molar-refractivity contribution in [1.82, 2.24) is 15.0 Å². The van der Waals surface area contributed by atoms with Crippen molar-refractivity contribution < 1.29 is 8.42 Å². The molecule has 0 aliphatic heterocycles. The monoisotopic (exact) mass is 223 g/mol. The van der Waals surface area contributed by atoms with Gasteiger partial charge in [0.2, 0.25) is 0 Å². The Morgan fingerprint density at radius 2 is 2.00 bits per heavy atom. The standard InChI is InChI=1S/C6H10ClN3O2S/c1-4(2)5-6(13(7,11)12)10(3)9-8-5/h4H,1-3H3. The van der Waals surface area contributed by atoms with Gasteiger partial charge in [-0.3, -0.25) is 0 Å². The Bertz CT molecular complexity index is 410. The molecule has 0 radical (unpaired) electrons. The van der Waals surface area contributed by atoms with Gasteiger partial charge in [-0.25, -0.2) is 13.1 Å². The highest BCUT2D eigenvalue weighted by Crippen LogP contribution is 2.23. The molecule has 0 fully saturated rings. The van der Waals surface area contributed by atoms with Crippen LogP contribution in [0.15, 0.2) is 5.03 Å². The molecule has 5 nitrogen and oxygen atoms in total. The summed E-state index contributed by atoms with van der Waals surface area (Å²) in [6, 6.07) is 0. The van der Waals surface area contributed by atoms with Gasteiger partial charge in [-0.2, -0.15) is 0 Å². The van der Waals surface area contributed by atoms with Crippen molar-refractivity contribution in [1.29, 1.82) is 0 Å². The first-order chi connectivity index (χ1) is 5.84. The maximum Gasteiger partial charge on any atom is 0.280 e. The normalized spacial score (nSPS) is 12.4. The molecule has 0 aromatic carbocycles. The summed E-state index contributed by atoms with van der Waals surface area (Å²) in [5.41, 5.74) is 0.400. The Kier molecular flexibility index (Phi) is 2.63. The van der Waals surface area contributed by atoms with Crippen LogP contribution >= 0.6 is 10.7 Å². The number of rotatable bonds is 2. The van der Waals surface area contributed by atoms with Crippen molar-refractivity contribution >= 4 is 19.7 Å². The minimum Gasteiger partial charge on any atom is -0.236 e. The summed E-state index contributed by atoms with van der Waals surface area (Å²) >= 11 is 0. The average molecular weight is 224 g/mol. The van der Waals surface area contributed by atoms with E-state index in [0.717, 1.165) is 4.68 Å². The maximum absolute atomic E-state index is 11.1. The molecule has 1 aromatic heterocycles. The Morgan fingerprint density at radius 3 is 2.31 bits per heavy atom. The Balaban J connectivity index is 3.42. The lowest BCUT2D eigenvalue weighted by Crippen LogP contribution is -2.04. The fraction of sp³-hybridized carbons (Fsp3) is 0.667. The second-order valence-corrected chi connectivity index (χ2v) is 5.48. The Hall–Kier alpha value is -0.620. The van der Waals surface area contributed by atoms with Crippen molar-refractivity contribution in [3.05, 3.63) is 5.69 Å². The quantitative estimate of drug-likeness (QED) is 0.698. The third-order valence-electron chi connectivity index (χ3n) is 1.58. The first-order valence-corrected chi connectivity index (χ1v) is 5.99.